The summed E-state index contributed by atoms with van der Waals surface area (Å²) < 4.78 is 5.36. The van der Waals surface area contributed by atoms with Crippen molar-refractivity contribution in [2.45, 2.75) is 32.4 Å². The van der Waals surface area contributed by atoms with Gasteiger partial charge in [-0.05, 0) is 19.3 Å². The Morgan fingerprint density at radius 2 is 2.29 bits per heavy atom. The molecule has 0 aliphatic carbocycles. The molecule has 1 fully saturated rings. The largest absolute Gasteiger partial charge is 0.379 e. The standard InChI is InChI=1S/C11H20N2O/c1-2-10-4-3-5-11(12-10)13-6-8-14-9-7-13/h4,11-12H,2-3,5-9H2,1H3. The van der Waals surface area contributed by atoms with Crippen molar-refractivity contribution in [2.24, 2.45) is 0 Å². The molecule has 0 aromatic heterocycles. The number of allylic oxidation sites excluding steroid dienone is 2. The fourth-order valence-corrected chi connectivity index (χ4v) is 2.17. The number of ether oxygens (including phenoxy) is 1. The van der Waals surface area contributed by atoms with Gasteiger partial charge in [0, 0.05) is 18.8 Å². The first-order chi connectivity index (χ1) is 6.90. The van der Waals surface area contributed by atoms with Crippen LogP contribution in [0, 0.1) is 0 Å². The van der Waals surface area contributed by atoms with Gasteiger partial charge in [0.15, 0.2) is 0 Å². The quantitative estimate of drug-likeness (QED) is 0.721. The summed E-state index contributed by atoms with van der Waals surface area (Å²) in [5.74, 6) is 0. The summed E-state index contributed by atoms with van der Waals surface area (Å²) in [5, 5.41) is 3.60. The van der Waals surface area contributed by atoms with Gasteiger partial charge in [0.2, 0.25) is 0 Å². The normalized spacial score (nSPS) is 29.5. The second kappa shape index (κ2) is 4.80. The molecule has 0 aromatic rings. The molecule has 80 valence electrons. The smallest absolute Gasteiger partial charge is 0.0794 e. The van der Waals surface area contributed by atoms with E-state index in [9.17, 15) is 0 Å². The lowest BCUT2D eigenvalue weighted by Gasteiger charge is -2.37. The van der Waals surface area contributed by atoms with Crippen LogP contribution in [0.25, 0.3) is 0 Å². The van der Waals surface area contributed by atoms with Crippen LogP contribution in [0.2, 0.25) is 0 Å². The highest BCUT2D eigenvalue weighted by Gasteiger charge is 2.22. The number of morpholine rings is 1. The third-order valence-corrected chi connectivity index (χ3v) is 3.05. The Kier molecular flexibility index (Phi) is 3.43. The van der Waals surface area contributed by atoms with Crippen LogP contribution in [0.15, 0.2) is 11.8 Å². The first-order valence-electron chi connectivity index (χ1n) is 5.67. The summed E-state index contributed by atoms with van der Waals surface area (Å²) in [4.78, 5) is 2.51. The molecule has 3 nitrogen and oxygen atoms in total. The molecule has 1 saturated heterocycles. The zero-order valence-corrected chi connectivity index (χ0v) is 8.96. The Balaban J connectivity index is 1.88. The summed E-state index contributed by atoms with van der Waals surface area (Å²) in [7, 11) is 0. The van der Waals surface area contributed by atoms with Crippen LogP contribution >= 0.6 is 0 Å². The molecule has 0 amide bonds. The van der Waals surface area contributed by atoms with Crippen molar-refractivity contribution >= 4 is 0 Å². The van der Waals surface area contributed by atoms with Gasteiger partial charge < -0.3 is 10.1 Å². The van der Waals surface area contributed by atoms with Gasteiger partial charge in [-0.25, -0.2) is 0 Å². The molecule has 0 saturated carbocycles. The van der Waals surface area contributed by atoms with Gasteiger partial charge in [0.05, 0.1) is 19.4 Å². The van der Waals surface area contributed by atoms with E-state index in [1.54, 1.807) is 0 Å². The minimum atomic E-state index is 0.554. The monoisotopic (exact) mass is 196 g/mol. The molecule has 0 aromatic carbocycles. The van der Waals surface area contributed by atoms with Gasteiger partial charge in [0.1, 0.15) is 0 Å². The number of hydrogen-bond acceptors (Lipinski definition) is 3. The van der Waals surface area contributed by atoms with E-state index in [0.29, 0.717) is 6.17 Å². The summed E-state index contributed by atoms with van der Waals surface area (Å²) in [6.07, 6.45) is 6.47. The zero-order chi connectivity index (χ0) is 9.80. The summed E-state index contributed by atoms with van der Waals surface area (Å²) in [6, 6.07) is 0. The molecule has 1 atom stereocenters. The van der Waals surface area contributed by atoms with E-state index in [1.165, 1.54) is 18.5 Å². The highest BCUT2D eigenvalue weighted by Crippen LogP contribution is 2.16. The molecule has 14 heavy (non-hydrogen) atoms. The molecule has 2 heterocycles. The van der Waals surface area contributed by atoms with Crippen LogP contribution < -0.4 is 5.32 Å². The Labute approximate surface area is 86.1 Å². The van der Waals surface area contributed by atoms with Crippen LogP contribution in [0.3, 0.4) is 0 Å². The summed E-state index contributed by atoms with van der Waals surface area (Å²) in [6.45, 7) is 6.15. The predicted octanol–water partition coefficient (Wildman–Crippen LogP) is 1.32. The first-order valence-corrected chi connectivity index (χ1v) is 5.67. The molecule has 3 heteroatoms. The topological polar surface area (TPSA) is 24.5 Å². The van der Waals surface area contributed by atoms with E-state index in [-0.39, 0.29) is 0 Å². The van der Waals surface area contributed by atoms with Crippen molar-refractivity contribution in [1.82, 2.24) is 10.2 Å². The van der Waals surface area contributed by atoms with Crippen molar-refractivity contribution in [3.8, 4) is 0 Å². The van der Waals surface area contributed by atoms with Gasteiger partial charge in [-0.15, -0.1) is 0 Å². The van der Waals surface area contributed by atoms with Crippen molar-refractivity contribution < 1.29 is 4.74 Å². The maximum atomic E-state index is 5.36. The first kappa shape index (κ1) is 9.99. The van der Waals surface area contributed by atoms with Crippen LogP contribution in [-0.4, -0.2) is 37.4 Å². The number of nitrogens with one attached hydrogen (secondary N) is 1. The molecular weight excluding hydrogens is 176 g/mol. The van der Waals surface area contributed by atoms with E-state index in [4.69, 9.17) is 4.74 Å². The van der Waals surface area contributed by atoms with Gasteiger partial charge in [-0.2, -0.15) is 0 Å². The van der Waals surface area contributed by atoms with E-state index in [0.717, 1.165) is 32.7 Å². The number of nitrogens with zero attached hydrogens (tertiary/aromatic N) is 1. The van der Waals surface area contributed by atoms with Gasteiger partial charge >= 0.3 is 0 Å². The number of rotatable bonds is 2. The van der Waals surface area contributed by atoms with Crippen LogP contribution in [-0.2, 0) is 4.74 Å². The van der Waals surface area contributed by atoms with Crippen LogP contribution in [0.4, 0.5) is 0 Å². The third-order valence-electron chi connectivity index (χ3n) is 3.05. The SMILES string of the molecule is CCC1=CCCC(N2CCOCC2)N1. The van der Waals surface area contributed by atoms with Crippen molar-refractivity contribution in [2.75, 3.05) is 26.3 Å². The van der Waals surface area contributed by atoms with Crippen LogP contribution in [0.1, 0.15) is 26.2 Å². The predicted molar refractivity (Wildman–Crippen MR) is 56.9 cm³/mol. The van der Waals surface area contributed by atoms with Gasteiger partial charge in [0.25, 0.3) is 0 Å². The Hall–Kier alpha value is -0.540. The van der Waals surface area contributed by atoms with Crippen molar-refractivity contribution in [1.29, 1.82) is 0 Å². The molecule has 0 spiro atoms. The van der Waals surface area contributed by atoms with Crippen molar-refractivity contribution in [3.63, 3.8) is 0 Å². The van der Waals surface area contributed by atoms with E-state index in [1.807, 2.05) is 0 Å². The van der Waals surface area contributed by atoms with Gasteiger partial charge in [-0.1, -0.05) is 13.0 Å². The Morgan fingerprint density at radius 3 is 3.00 bits per heavy atom. The highest BCUT2D eigenvalue weighted by atomic mass is 16.5. The molecule has 0 radical (unpaired) electrons. The van der Waals surface area contributed by atoms with Gasteiger partial charge in [-0.3, -0.25) is 4.90 Å². The number of hydrogen-bond donors (Lipinski definition) is 1. The van der Waals surface area contributed by atoms with Crippen LogP contribution in [0.5, 0.6) is 0 Å². The molecule has 2 rings (SSSR count). The summed E-state index contributed by atoms with van der Waals surface area (Å²) in [5.41, 5.74) is 1.41. The Bertz CT molecular complexity index is 209. The van der Waals surface area contributed by atoms with E-state index in [2.05, 4.69) is 23.2 Å². The second-order valence-electron chi connectivity index (χ2n) is 3.97. The zero-order valence-electron chi connectivity index (χ0n) is 8.96. The van der Waals surface area contributed by atoms with E-state index >= 15 is 0 Å². The highest BCUT2D eigenvalue weighted by molar-refractivity contribution is 5.04. The lowest BCUT2D eigenvalue weighted by Crippen LogP contribution is -2.51. The molecule has 0 bridgehead atoms. The van der Waals surface area contributed by atoms with E-state index < -0.39 is 0 Å². The van der Waals surface area contributed by atoms with Crippen molar-refractivity contribution in [3.05, 3.63) is 11.8 Å². The maximum Gasteiger partial charge on any atom is 0.0794 e. The molecular formula is C11H20N2O. The average Bonchev–Trinajstić information content (AvgIpc) is 2.30. The molecule has 1 unspecified atom stereocenters. The maximum absolute atomic E-state index is 5.36. The molecule has 2 aliphatic rings. The third kappa shape index (κ3) is 2.28. The summed E-state index contributed by atoms with van der Waals surface area (Å²) >= 11 is 0. The molecule has 1 N–H and O–H groups in total. The molecule has 2 aliphatic heterocycles. The lowest BCUT2D eigenvalue weighted by molar-refractivity contribution is 0.00797. The second-order valence-corrected chi connectivity index (χ2v) is 3.97. The fraction of sp³-hybridized carbons (Fsp3) is 0.818. The fourth-order valence-electron chi connectivity index (χ4n) is 2.17. The lowest BCUT2D eigenvalue weighted by atomic mass is 10.1. The Morgan fingerprint density at radius 1 is 1.50 bits per heavy atom. The minimum Gasteiger partial charge on any atom is -0.379 e. The average molecular weight is 196 g/mol. The minimum absolute atomic E-state index is 0.554.